The lowest BCUT2D eigenvalue weighted by Gasteiger charge is -2.16. The molecule has 0 amide bonds. The van der Waals surface area contributed by atoms with Crippen LogP contribution in [0.1, 0.15) is 18.2 Å². The fourth-order valence-corrected chi connectivity index (χ4v) is 8.24. The van der Waals surface area contributed by atoms with Gasteiger partial charge in [-0.2, -0.15) is 0 Å². The van der Waals surface area contributed by atoms with Crippen molar-refractivity contribution in [3.8, 4) is 33.9 Å². The van der Waals surface area contributed by atoms with Gasteiger partial charge in [0.2, 0.25) is 0 Å². The molecule has 1 atom stereocenters. The van der Waals surface area contributed by atoms with Gasteiger partial charge in [0.25, 0.3) is 0 Å². The van der Waals surface area contributed by atoms with Crippen LogP contribution in [0.4, 0.5) is 0 Å². The van der Waals surface area contributed by atoms with Gasteiger partial charge in [-0.25, -0.2) is 15.0 Å². The van der Waals surface area contributed by atoms with Crippen LogP contribution in [0.25, 0.3) is 98.9 Å². The van der Waals surface area contributed by atoms with E-state index in [1.54, 1.807) is 0 Å². The van der Waals surface area contributed by atoms with Crippen LogP contribution in [0.2, 0.25) is 0 Å². The zero-order chi connectivity index (χ0) is 34.9. The summed E-state index contributed by atoms with van der Waals surface area (Å²) in [6, 6.07) is 51.6. The van der Waals surface area contributed by atoms with Crippen LogP contribution in [0.15, 0.2) is 174 Å². The van der Waals surface area contributed by atoms with E-state index in [0.29, 0.717) is 11.6 Å². The molecule has 0 bridgehead atoms. The van der Waals surface area contributed by atoms with Crippen molar-refractivity contribution in [1.82, 2.24) is 15.0 Å². The molecule has 10 aromatic rings. The topological polar surface area (TPSA) is 51.8 Å². The van der Waals surface area contributed by atoms with E-state index in [1.165, 1.54) is 37.7 Å². The highest BCUT2D eigenvalue weighted by atomic mass is 16.3. The van der Waals surface area contributed by atoms with Gasteiger partial charge in [-0.3, -0.25) is 0 Å². The summed E-state index contributed by atoms with van der Waals surface area (Å²) in [5, 5.41) is 11.7. The SMILES string of the molecule is C1=CCC(c2nc(-c3ccc4c(ccc5ccccc54)c3)nc(-c3ccc(-c4cc5ccccc5c5ccccc45)c4oc5ccccc5c34)n2)C=C1. The molecule has 53 heavy (non-hydrogen) atoms. The minimum atomic E-state index is 0.0460. The summed E-state index contributed by atoms with van der Waals surface area (Å²) in [5.41, 5.74) is 5.71. The van der Waals surface area contributed by atoms with E-state index >= 15 is 0 Å². The first kappa shape index (κ1) is 29.8. The van der Waals surface area contributed by atoms with E-state index in [-0.39, 0.29) is 5.92 Å². The van der Waals surface area contributed by atoms with Crippen molar-refractivity contribution in [2.24, 2.45) is 0 Å². The van der Waals surface area contributed by atoms with Crippen LogP contribution in [0.5, 0.6) is 0 Å². The highest BCUT2D eigenvalue weighted by molar-refractivity contribution is 6.20. The van der Waals surface area contributed by atoms with Crippen molar-refractivity contribution < 1.29 is 4.42 Å². The Morgan fingerprint density at radius 3 is 1.98 bits per heavy atom. The molecular formula is C49H31N3O. The van der Waals surface area contributed by atoms with Crippen molar-refractivity contribution in [3.05, 3.63) is 176 Å². The molecule has 0 N–H and O–H groups in total. The monoisotopic (exact) mass is 677 g/mol. The van der Waals surface area contributed by atoms with Gasteiger partial charge in [0.1, 0.15) is 17.0 Å². The molecule has 0 saturated carbocycles. The standard InChI is InChI=1S/C49H31N3O/c1-2-13-31(14-3-1)47-50-48(34-24-25-37-33(28-34)23-22-30-12-4-6-16-35(30)37)52-49(51-47)42-27-26-40(46-45(42)41-20-10-11-21-44(41)53-46)43-29-32-15-5-7-17-36(32)38-18-8-9-19-39(38)43/h1-13,15-29,31H,14H2. The molecule has 248 valence electrons. The lowest BCUT2D eigenvalue weighted by atomic mass is 9.91. The Balaban J connectivity index is 1.16. The normalized spacial score (nSPS) is 14.4. The fourth-order valence-electron chi connectivity index (χ4n) is 8.24. The van der Waals surface area contributed by atoms with Crippen molar-refractivity contribution in [3.63, 3.8) is 0 Å². The highest BCUT2D eigenvalue weighted by Crippen LogP contribution is 2.44. The van der Waals surface area contributed by atoms with Gasteiger partial charge >= 0.3 is 0 Å². The summed E-state index contributed by atoms with van der Waals surface area (Å²) in [5.74, 6) is 2.10. The molecule has 1 aliphatic rings. The second kappa shape index (κ2) is 11.8. The Hall–Kier alpha value is -6.91. The number of nitrogens with zero attached hydrogens (tertiary/aromatic N) is 3. The summed E-state index contributed by atoms with van der Waals surface area (Å²) in [6.07, 6.45) is 9.37. The summed E-state index contributed by atoms with van der Waals surface area (Å²) in [4.78, 5) is 15.6. The average molecular weight is 678 g/mol. The second-order valence-corrected chi connectivity index (χ2v) is 13.9. The Morgan fingerprint density at radius 2 is 1.13 bits per heavy atom. The number of benzene rings is 8. The minimum absolute atomic E-state index is 0.0460. The van der Waals surface area contributed by atoms with Crippen LogP contribution >= 0.6 is 0 Å². The molecule has 0 aliphatic heterocycles. The molecule has 1 aliphatic carbocycles. The molecule has 0 spiro atoms. The van der Waals surface area contributed by atoms with Crippen LogP contribution in [0, 0.1) is 0 Å². The molecule has 4 heteroatoms. The summed E-state index contributed by atoms with van der Waals surface area (Å²) in [7, 11) is 0. The van der Waals surface area contributed by atoms with E-state index < -0.39 is 0 Å². The maximum Gasteiger partial charge on any atom is 0.164 e. The molecule has 2 aromatic heterocycles. The molecule has 11 rings (SSSR count). The Kier molecular flexibility index (Phi) is 6.65. The maximum atomic E-state index is 6.81. The van der Waals surface area contributed by atoms with E-state index in [0.717, 1.165) is 61.8 Å². The first-order chi connectivity index (χ1) is 26.3. The Bertz CT molecular complexity index is 3170. The van der Waals surface area contributed by atoms with Gasteiger partial charge in [0.15, 0.2) is 11.6 Å². The molecule has 0 radical (unpaired) electrons. The number of hydrogen-bond acceptors (Lipinski definition) is 4. The summed E-state index contributed by atoms with van der Waals surface area (Å²) >= 11 is 0. The molecule has 1 unspecified atom stereocenters. The van der Waals surface area contributed by atoms with Crippen LogP contribution in [-0.4, -0.2) is 15.0 Å². The first-order valence-electron chi connectivity index (χ1n) is 18.1. The van der Waals surface area contributed by atoms with E-state index in [2.05, 4.69) is 158 Å². The number of furan rings is 1. The number of rotatable bonds is 4. The zero-order valence-electron chi connectivity index (χ0n) is 28.7. The minimum Gasteiger partial charge on any atom is -0.455 e. The summed E-state index contributed by atoms with van der Waals surface area (Å²) < 4.78 is 6.81. The van der Waals surface area contributed by atoms with Gasteiger partial charge in [0, 0.05) is 33.4 Å². The third-order valence-corrected chi connectivity index (χ3v) is 10.8. The van der Waals surface area contributed by atoms with Gasteiger partial charge in [-0.05, 0) is 85.4 Å². The van der Waals surface area contributed by atoms with Crippen LogP contribution < -0.4 is 0 Å². The van der Waals surface area contributed by atoms with Crippen LogP contribution in [-0.2, 0) is 0 Å². The Morgan fingerprint density at radius 1 is 0.472 bits per heavy atom. The smallest absolute Gasteiger partial charge is 0.164 e. The lowest BCUT2D eigenvalue weighted by molar-refractivity contribution is 0.670. The summed E-state index contributed by atoms with van der Waals surface area (Å²) in [6.45, 7) is 0. The predicted octanol–water partition coefficient (Wildman–Crippen LogP) is 13.0. The van der Waals surface area contributed by atoms with Crippen molar-refractivity contribution in [2.75, 3.05) is 0 Å². The van der Waals surface area contributed by atoms with Crippen molar-refractivity contribution in [2.45, 2.75) is 12.3 Å². The number of hydrogen-bond donors (Lipinski definition) is 0. The quantitative estimate of drug-likeness (QED) is 0.174. The predicted molar refractivity (Wildman–Crippen MR) is 219 cm³/mol. The van der Waals surface area contributed by atoms with Gasteiger partial charge < -0.3 is 4.42 Å². The number of allylic oxidation sites excluding steroid dienone is 4. The Labute approximate surface area is 305 Å². The molecular weight excluding hydrogens is 647 g/mol. The number of aromatic nitrogens is 3. The second-order valence-electron chi connectivity index (χ2n) is 13.9. The van der Waals surface area contributed by atoms with Gasteiger partial charge in [-0.15, -0.1) is 0 Å². The van der Waals surface area contributed by atoms with E-state index in [1.807, 2.05) is 12.1 Å². The molecule has 0 fully saturated rings. The largest absolute Gasteiger partial charge is 0.455 e. The number of fused-ring (bicyclic) bond motifs is 9. The maximum absolute atomic E-state index is 6.81. The zero-order valence-corrected chi connectivity index (χ0v) is 28.7. The van der Waals surface area contributed by atoms with Gasteiger partial charge in [-0.1, -0.05) is 140 Å². The fraction of sp³-hybridized carbons (Fsp3) is 0.0408. The highest BCUT2D eigenvalue weighted by Gasteiger charge is 2.23. The van der Waals surface area contributed by atoms with Crippen molar-refractivity contribution in [1.29, 1.82) is 0 Å². The van der Waals surface area contributed by atoms with Crippen molar-refractivity contribution >= 4 is 65.0 Å². The third-order valence-electron chi connectivity index (χ3n) is 10.8. The molecule has 0 saturated heterocycles. The first-order valence-corrected chi connectivity index (χ1v) is 18.1. The lowest BCUT2D eigenvalue weighted by Crippen LogP contribution is -2.08. The molecule has 4 nitrogen and oxygen atoms in total. The van der Waals surface area contributed by atoms with Gasteiger partial charge in [0.05, 0.1) is 0 Å². The average Bonchev–Trinajstić information content (AvgIpc) is 3.63. The third kappa shape index (κ3) is 4.80. The van der Waals surface area contributed by atoms with E-state index in [4.69, 9.17) is 19.4 Å². The molecule has 8 aromatic carbocycles. The van der Waals surface area contributed by atoms with E-state index in [9.17, 15) is 0 Å². The van der Waals surface area contributed by atoms with Crippen LogP contribution in [0.3, 0.4) is 0 Å². The molecule has 2 heterocycles. The number of para-hydroxylation sites is 1.